The standard InChI is InChI=1S/C9H16N2O3S/c10-7(6-8(12)13)9(14)11-2-1-4-15-5-3-11/h7H,1-6,10H2,(H,12,13). The first-order valence-corrected chi connectivity index (χ1v) is 6.10. The number of hydrogen-bond acceptors (Lipinski definition) is 4. The summed E-state index contributed by atoms with van der Waals surface area (Å²) in [5.74, 6) is 0.698. The molecule has 1 atom stereocenters. The number of thioether (sulfide) groups is 1. The number of carbonyl (C=O) groups is 2. The van der Waals surface area contributed by atoms with Gasteiger partial charge in [-0.1, -0.05) is 0 Å². The molecule has 0 aromatic rings. The number of carbonyl (C=O) groups excluding carboxylic acids is 1. The zero-order valence-corrected chi connectivity index (χ0v) is 9.33. The summed E-state index contributed by atoms with van der Waals surface area (Å²) in [5, 5.41) is 8.53. The van der Waals surface area contributed by atoms with Crippen molar-refractivity contribution in [1.82, 2.24) is 4.90 Å². The molecule has 3 N–H and O–H groups in total. The second-order valence-corrected chi connectivity index (χ2v) is 4.72. The van der Waals surface area contributed by atoms with Crippen LogP contribution in [0.1, 0.15) is 12.8 Å². The molecule has 1 amide bonds. The van der Waals surface area contributed by atoms with Crippen molar-refractivity contribution in [2.45, 2.75) is 18.9 Å². The smallest absolute Gasteiger partial charge is 0.305 e. The highest BCUT2D eigenvalue weighted by Gasteiger charge is 2.23. The van der Waals surface area contributed by atoms with Gasteiger partial charge in [0.1, 0.15) is 0 Å². The second-order valence-electron chi connectivity index (χ2n) is 3.50. The summed E-state index contributed by atoms with van der Waals surface area (Å²) < 4.78 is 0. The van der Waals surface area contributed by atoms with Crippen LogP contribution in [0.3, 0.4) is 0 Å². The van der Waals surface area contributed by atoms with Crippen molar-refractivity contribution in [3.8, 4) is 0 Å². The van der Waals surface area contributed by atoms with Gasteiger partial charge < -0.3 is 15.7 Å². The van der Waals surface area contributed by atoms with Gasteiger partial charge in [-0.3, -0.25) is 9.59 Å². The van der Waals surface area contributed by atoms with Crippen LogP contribution in [0.15, 0.2) is 0 Å². The number of rotatable bonds is 3. The number of hydrogen-bond donors (Lipinski definition) is 2. The van der Waals surface area contributed by atoms with Gasteiger partial charge in [0.15, 0.2) is 0 Å². The maximum Gasteiger partial charge on any atom is 0.305 e. The molecule has 1 saturated heterocycles. The minimum atomic E-state index is -1.03. The largest absolute Gasteiger partial charge is 0.481 e. The first-order valence-electron chi connectivity index (χ1n) is 4.95. The van der Waals surface area contributed by atoms with Gasteiger partial charge >= 0.3 is 5.97 Å². The lowest BCUT2D eigenvalue weighted by Crippen LogP contribution is -2.45. The van der Waals surface area contributed by atoms with Gasteiger partial charge in [-0.2, -0.15) is 11.8 Å². The van der Waals surface area contributed by atoms with E-state index in [4.69, 9.17) is 10.8 Å². The van der Waals surface area contributed by atoms with Crippen molar-refractivity contribution in [2.75, 3.05) is 24.6 Å². The Morgan fingerprint density at radius 1 is 1.40 bits per heavy atom. The fourth-order valence-corrected chi connectivity index (χ4v) is 2.36. The van der Waals surface area contributed by atoms with Crippen LogP contribution in [-0.2, 0) is 9.59 Å². The zero-order chi connectivity index (χ0) is 11.3. The van der Waals surface area contributed by atoms with Crippen LogP contribution >= 0.6 is 11.8 Å². The van der Waals surface area contributed by atoms with E-state index in [-0.39, 0.29) is 12.3 Å². The van der Waals surface area contributed by atoms with E-state index in [0.717, 1.165) is 17.9 Å². The Labute approximate surface area is 93.0 Å². The molecule has 1 rings (SSSR count). The van der Waals surface area contributed by atoms with Gasteiger partial charge in [0.05, 0.1) is 12.5 Å². The van der Waals surface area contributed by atoms with E-state index in [1.165, 1.54) is 0 Å². The first-order chi connectivity index (χ1) is 7.11. The topological polar surface area (TPSA) is 83.6 Å². The molecule has 1 aliphatic heterocycles. The summed E-state index contributed by atoms with van der Waals surface area (Å²) >= 11 is 1.81. The molecule has 86 valence electrons. The van der Waals surface area contributed by atoms with E-state index in [2.05, 4.69) is 0 Å². The Bertz CT molecular complexity index is 240. The van der Waals surface area contributed by atoms with Crippen LogP contribution < -0.4 is 5.73 Å². The molecule has 6 heteroatoms. The zero-order valence-electron chi connectivity index (χ0n) is 8.52. The molecule has 15 heavy (non-hydrogen) atoms. The molecular formula is C9H16N2O3S. The molecule has 0 saturated carbocycles. The van der Waals surface area contributed by atoms with Crippen LogP contribution in [0.5, 0.6) is 0 Å². The van der Waals surface area contributed by atoms with E-state index in [9.17, 15) is 9.59 Å². The van der Waals surface area contributed by atoms with Crippen LogP contribution in [0, 0.1) is 0 Å². The predicted molar refractivity (Wildman–Crippen MR) is 58.8 cm³/mol. The number of amides is 1. The molecule has 0 aromatic carbocycles. The Morgan fingerprint density at radius 2 is 2.13 bits per heavy atom. The van der Waals surface area contributed by atoms with Gasteiger partial charge in [0.2, 0.25) is 5.91 Å². The fourth-order valence-electron chi connectivity index (χ4n) is 1.48. The lowest BCUT2D eigenvalue weighted by atomic mass is 10.2. The first kappa shape index (κ1) is 12.3. The third-order valence-electron chi connectivity index (χ3n) is 2.25. The van der Waals surface area contributed by atoms with E-state index < -0.39 is 12.0 Å². The van der Waals surface area contributed by atoms with Crippen molar-refractivity contribution >= 4 is 23.6 Å². The number of carboxylic acids is 1. The van der Waals surface area contributed by atoms with Crippen LogP contribution in [0.2, 0.25) is 0 Å². The third kappa shape index (κ3) is 4.09. The predicted octanol–water partition coefficient (Wildman–Crippen LogP) is -0.246. The van der Waals surface area contributed by atoms with Gasteiger partial charge in [0.25, 0.3) is 0 Å². The summed E-state index contributed by atoms with van der Waals surface area (Å²) in [6, 6.07) is -0.898. The Balaban J connectivity index is 2.46. The normalized spacial score (nSPS) is 19.4. The minimum Gasteiger partial charge on any atom is -0.481 e. The van der Waals surface area contributed by atoms with Crippen LogP contribution in [-0.4, -0.2) is 52.5 Å². The average molecular weight is 232 g/mol. The van der Waals surface area contributed by atoms with Gasteiger partial charge in [-0.15, -0.1) is 0 Å². The fraction of sp³-hybridized carbons (Fsp3) is 0.778. The molecule has 0 aliphatic carbocycles. The lowest BCUT2D eigenvalue weighted by Gasteiger charge is -2.22. The Kier molecular flexibility index (Phi) is 4.90. The maximum atomic E-state index is 11.7. The summed E-state index contributed by atoms with van der Waals surface area (Å²) in [7, 11) is 0. The van der Waals surface area contributed by atoms with Crippen molar-refractivity contribution in [3.63, 3.8) is 0 Å². The van der Waals surface area contributed by atoms with Crippen molar-refractivity contribution in [2.24, 2.45) is 5.73 Å². The third-order valence-corrected chi connectivity index (χ3v) is 3.29. The average Bonchev–Trinajstić information content (AvgIpc) is 2.43. The van der Waals surface area contributed by atoms with Crippen molar-refractivity contribution in [1.29, 1.82) is 0 Å². The summed E-state index contributed by atoms with van der Waals surface area (Å²) in [6.07, 6.45) is 0.665. The van der Waals surface area contributed by atoms with Crippen LogP contribution in [0.4, 0.5) is 0 Å². The molecule has 5 nitrogen and oxygen atoms in total. The van der Waals surface area contributed by atoms with Gasteiger partial charge in [0, 0.05) is 18.8 Å². The molecular weight excluding hydrogens is 216 g/mol. The summed E-state index contributed by atoms with van der Waals surface area (Å²) in [5.41, 5.74) is 5.52. The van der Waals surface area contributed by atoms with Crippen molar-refractivity contribution < 1.29 is 14.7 Å². The molecule has 1 aliphatic rings. The van der Waals surface area contributed by atoms with Gasteiger partial charge in [-0.05, 0) is 12.2 Å². The highest BCUT2D eigenvalue weighted by Crippen LogP contribution is 2.11. The number of aliphatic carboxylic acids is 1. The molecule has 1 heterocycles. The number of carboxylic acid groups (broad SMARTS) is 1. The Hall–Kier alpha value is -0.750. The van der Waals surface area contributed by atoms with E-state index >= 15 is 0 Å². The maximum absolute atomic E-state index is 11.7. The molecule has 0 aromatic heterocycles. The highest BCUT2D eigenvalue weighted by molar-refractivity contribution is 7.99. The highest BCUT2D eigenvalue weighted by atomic mass is 32.2. The van der Waals surface area contributed by atoms with Crippen LogP contribution in [0.25, 0.3) is 0 Å². The van der Waals surface area contributed by atoms with E-state index in [1.807, 2.05) is 11.8 Å². The summed E-state index contributed by atoms with van der Waals surface area (Å²) in [6.45, 7) is 1.37. The number of nitrogens with zero attached hydrogens (tertiary/aromatic N) is 1. The summed E-state index contributed by atoms with van der Waals surface area (Å²) in [4.78, 5) is 23.8. The van der Waals surface area contributed by atoms with Crippen molar-refractivity contribution in [3.05, 3.63) is 0 Å². The Morgan fingerprint density at radius 3 is 2.80 bits per heavy atom. The molecule has 0 bridgehead atoms. The molecule has 1 unspecified atom stereocenters. The molecule has 0 spiro atoms. The number of nitrogens with two attached hydrogens (primary N) is 1. The quantitative estimate of drug-likeness (QED) is 0.701. The molecule has 0 radical (unpaired) electrons. The van der Waals surface area contributed by atoms with E-state index in [1.54, 1.807) is 4.90 Å². The monoisotopic (exact) mass is 232 g/mol. The minimum absolute atomic E-state index is 0.236. The SMILES string of the molecule is NC(CC(=O)O)C(=O)N1CCCSCC1. The van der Waals surface area contributed by atoms with E-state index in [0.29, 0.717) is 13.1 Å². The molecule has 1 fully saturated rings. The van der Waals surface area contributed by atoms with Gasteiger partial charge in [-0.25, -0.2) is 0 Å². The lowest BCUT2D eigenvalue weighted by molar-refractivity contribution is -0.141. The second kappa shape index (κ2) is 5.97.